The van der Waals surface area contributed by atoms with Crippen molar-refractivity contribution >= 4 is 33.2 Å². The first-order valence-corrected chi connectivity index (χ1v) is 6.58. The molecule has 1 aliphatic rings. The van der Waals surface area contributed by atoms with Crippen LogP contribution in [0.4, 0.5) is 0 Å². The standard InChI is InChI=1S/C10H12BrNO3S/c11-9-2-1-8(16-9)10(14)12-3-4-15-7(5-12)6-13/h1-2,7,13H,3-6H2. The molecule has 1 aliphatic heterocycles. The lowest BCUT2D eigenvalue weighted by atomic mass is 10.2. The van der Waals surface area contributed by atoms with Gasteiger partial charge in [-0.25, -0.2) is 0 Å². The van der Waals surface area contributed by atoms with E-state index in [2.05, 4.69) is 15.9 Å². The maximum absolute atomic E-state index is 12.1. The number of rotatable bonds is 2. The molecule has 2 rings (SSSR count). The van der Waals surface area contributed by atoms with Crippen molar-refractivity contribution in [3.05, 3.63) is 20.8 Å². The van der Waals surface area contributed by atoms with Gasteiger partial charge in [0.25, 0.3) is 5.91 Å². The average molecular weight is 306 g/mol. The van der Waals surface area contributed by atoms with Crippen molar-refractivity contribution in [2.75, 3.05) is 26.3 Å². The SMILES string of the molecule is O=C(c1ccc(Br)s1)N1CCOC(CO)C1. The number of hydrogen-bond donors (Lipinski definition) is 1. The smallest absolute Gasteiger partial charge is 0.264 e. The molecule has 1 saturated heterocycles. The number of amides is 1. The average Bonchev–Trinajstić information content (AvgIpc) is 2.75. The third-order valence-electron chi connectivity index (χ3n) is 2.41. The van der Waals surface area contributed by atoms with Gasteiger partial charge in [-0.1, -0.05) is 0 Å². The second kappa shape index (κ2) is 5.27. The predicted molar refractivity (Wildman–Crippen MR) is 64.7 cm³/mol. The van der Waals surface area contributed by atoms with E-state index in [-0.39, 0.29) is 18.6 Å². The van der Waals surface area contributed by atoms with Gasteiger partial charge in [0.15, 0.2) is 0 Å². The van der Waals surface area contributed by atoms with Crippen molar-refractivity contribution in [3.63, 3.8) is 0 Å². The monoisotopic (exact) mass is 305 g/mol. The normalized spacial score (nSPS) is 21.1. The van der Waals surface area contributed by atoms with Crippen LogP contribution in [0.5, 0.6) is 0 Å². The third-order valence-corrected chi connectivity index (χ3v) is 4.03. The van der Waals surface area contributed by atoms with Gasteiger partial charge >= 0.3 is 0 Å². The van der Waals surface area contributed by atoms with Crippen molar-refractivity contribution in [3.8, 4) is 0 Å². The van der Waals surface area contributed by atoms with E-state index >= 15 is 0 Å². The Bertz CT molecular complexity index is 382. The molecule has 4 nitrogen and oxygen atoms in total. The minimum Gasteiger partial charge on any atom is -0.394 e. The summed E-state index contributed by atoms with van der Waals surface area (Å²) < 4.78 is 6.25. The van der Waals surface area contributed by atoms with Gasteiger partial charge < -0.3 is 14.7 Å². The Morgan fingerprint density at radius 1 is 1.69 bits per heavy atom. The molecular formula is C10H12BrNO3S. The van der Waals surface area contributed by atoms with E-state index in [1.807, 2.05) is 6.07 Å². The summed E-state index contributed by atoms with van der Waals surface area (Å²) in [7, 11) is 0. The summed E-state index contributed by atoms with van der Waals surface area (Å²) in [5.74, 6) is 0.0115. The van der Waals surface area contributed by atoms with Gasteiger partial charge in [0, 0.05) is 13.1 Å². The summed E-state index contributed by atoms with van der Waals surface area (Å²) in [6, 6.07) is 3.67. The quantitative estimate of drug-likeness (QED) is 0.897. The van der Waals surface area contributed by atoms with Gasteiger partial charge in [0.1, 0.15) is 0 Å². The van der Waals surface area contributed by atoms with Gasteiger partial charge in [0.05, 0.1) is 28.0 Å². The minimum absolute atomic E-state index is 0.0115. The molecule has 0 bridgehead atoms. The molecule has 1 aromatic rings. The summed E-state index contributed by atoms with van der Waals surface area (Å²) in [5, 5.41) is 9.00. The highest BCUT2D eigenvalue weighted by molar-refractivity contribution is 9.11. The Labute approximate surface area is 106 Å². The molecule has 1 atom stereocenters. The largest absolute Gasteiger partial charge is 0.394 e. The van der Waals surface area contributed by atoms with E-state index in [1.165, 1.54) is 11.3 Å². The lowest BCUT2D eigenvalue weighted by Gasteiger charge is -2.31. The van der Waals surface area contributed by atoms with Crippen molar-refractivity contribution in [1.29, 1.82) is 0 Å². The highest BCUT2D eigenvalue weighted by Crippen LogP contribution is 2.23. The Balaban J connectivity index is 2.04. The van der Waals surface area contributed by atoms with Crippen LogP contribution in [-0.4, -0.2) is 48.3 Å². The van der Waals surface area contributed by atoms with Crippen molar-refractivity contribution in [2.24, 2.45) is 0 Å². The van der Waals surface area contributed by atoms with Crippen molar-refractivity contribution in [2.45, 2.75) is 6.10 Å². The minimum atomic E-state index is -0.249. The molecule has 6 heteroatoms. The van der Waals surface area contributed by atoms with E-state index in [0.29, 0.717) is 24.6 Å². The zero-order valence-corrected chi connectivity index (χ0v) is 11.0. The first kappa shape index (κ1) is 12.0. The first-order chi connectivity index (χ1) is 7.70. The molecule has 1 aromatic heterocycles. The van der Waals surface area contributed by atoms with Crippen LogP contribution in [0.15, 0.2) is 15.9 Å². The Morgan fingerprint density at radius 3 is 3.12 bits per heavy atom. The fourth-order valence-corrected chi connectivity index (χ4v) is 2.95. The lowest BCUT2D eigenvalue weighted by Crippen LogP contribution is -2.46. The highest BCUT2D eigenvalue weighted by atomic mass is 79.9. The number of hydrogen-bond acceptors (Lipinski definition) is 4. The molecule has 88 valence electrons. The number of halogens is 1. The van der Waals surface area contributed by atoms with Gasteiger partial charge in [-0.05, 0) is 28.1 Å². The molecule has 1 unspecified atom stereocenters. The van der Waals surface area contributed by atoms with E-state index in [9.17, 15) is 4.79 Å². The first-order valence-electron chi connectivity index (χ1n) is 4.98. The summed E-state index contributed by atoms with van der Waals surface area (Å²) in [5.41, 5.74) is 0. The molecule has 0 saturated carbocycles. The van der Waals surface area contributed by atoms with Crippen LogP contribution >= 0.6 is 27.3 Å². The van der Waals surface area contributed by atoms with Crippen molar-refractivity contribution in [1.82, 2.24) is 4.90 Å². The van der Waals surface area contributed by atoms with Crippen LogP contribution in [0.1, 0.15) is 9.67 Å². The number of carbonyl (C=O) groups is 1. The number of carbonyl (C=O) groups excluding carboxylic acids is 1. The maximum Gasteiger partial charge on any atom is 0.264 e. The van der Waals surface area contributed by atoms with E-state index in [0.717, 1.165) is 3.79 Å². The summed E-state index contributed by atoms with van der Waals surface area (Å²) in [6.07, 6.45) is -0.249. The molecule has 0 aromatic carbocycles. The van der Waals surface area contributed by atoms with Crippen LogP contribution in [0.2, 0.25) is 0 Å². The van der Waals surface area contributed by atoms with Gasteiger partial charge in [0.2, 0.25) is 0 Å². The summed E-state index contributed by atoms with van der Waals surface area (Å²) in [6.45, 7) is 1.50. The van der Waals surface area contributed by atoms with Crippen LogP contribution < -0.4 is 0 Å². The number of thiophene rings is 1. The van der Waals surface area contributed by atoms with Crippen LogP contribution in [0.3, 0.4) is 0 Å². The molecule has 0 radical (unpaired) electrons. The second-order valence-electron chi connectivity index (χ2n) is 3.53. The molecule has 1 fully saturated rings. The molecule has 16 heavy (non-hydrogen) atoms. The van der Waals surface area contributed by atoms with E-state index in [1.54, 1.807) is 11.0 Å². The molecule has 0 aliphatic carbocycles. The molecule has 0 spiro atoms. The predicted octanol–water partition coefficient (Wildman–Crippen LogP) is 1.34. The zero-order valence-electron chi connectivity index (χ0n) is 8.56. The number of ether oxygens (including phenoxy) is 1. The molecule has 1 N–H and O–H groups in total. The number of nitrogens with zero attached hydrogens (tertiary/aromatic N) is 1. The van der Waals surface area contributed by atoms with Crippen molar-refractivity contribution < 1.29 is 14.6 Å². The fourth-order valence-electron chi connectivity index (χ4n) is 1.60. The topological polar surface area (TPSA) is 49.8 Å². The Hall–Kier alpha value is -0.430. The number of aliphatic hydroxyl groups is 1. The third kappa shape index (κ3) is 2.63. The Kier molecular flexibility index (Phi) is 3.96. The van der Waals surface area contributed by atoms with Gasteiger partial charge in [-0.3, -0.25) is 4.79 Å². The molecule has 2 heterocycles. The fraction of sp³-hybridized carbons (Fsp3) is 0.500. The van der Waals surface area contributed by atoms with Crippen LogP contribution in [0, 0.1) is 0 Å². The van der Waals surface area contributed by atoms with Gasteiger partial charge in [-0.15, -0.1) is 11.3 Å². The number of aliphatic hydroxyl groups excluding tert-OH is 1. The molecular weight excluding hydrogens is 294 g/mol. The molecule has 1 amide bonds. The second-order valence-corrected chi connectivity index (χ2v) is 5.99. The Morgan fingerprint density at radius 2 is 2.50 bits per heavy atom. The van der Waals surface area contributed by atoms with E-state index < -0.39 is 0 Å². The van der Waals surface area contributed by atoms with Crippen LogP contribution in [0.25, 0.3) is 0 Å². The highest BCUT2D eigenvalue weighted by Gasteiger charge is 2.25. The van der Waals surface area contributed by atoms with Gasteiger partial charge in [-0.2, -0.15) is 0 Å². The lowest BCUT2D eigenvalue weighted by molar-refractivity contribution is -0.0446. The number of morpholine rings is 1. The summed E-state index contributed by atoms with van der Waals surface area (Å²) >= 11 is 4.75. The van der Waals surface area contributed by atoms with Crippen LogP contribution in [-0.2, 0) is 4.74 Å². The maximum atomic E-state index is 12.1. The van der Waals surface area contributed by atoms with E-state index in [4.69, 9.17) is 9.84 Å². The summed E-state index contributed by atoms with van der Waals surface area (Å²) in [4.78, 5) is 14.5. The zero-order chi connectivity index (χ0) is 11.5.